The van der Waals surface area contributed by atoms with Crippen LogP contribution in [-0.4, -0.2) is 28.6 Å². The number of carbonyl (C=O) groups excluding carboxylic acids is 2. The predicted molar refractivity (Wildman–Crippen MR) is 93.2 cm³/mol. The SMILES string of the molecule is C/C=C\C(=O)O[C@@H]1CC(C)=CC(=O)[C@]2(C)CC(C)[C@](O)(C(C)C)[C@@H]12. The second-order valence-electron chi connectivity index (χ2n) is 8.08. The Morgan fingerprint density at radius 2 is 2.08 bits per heavy atom. The molecule has 0 spiro atoms. The Morgan fingerprint density at radius 3 is 2.62 bits per heavy atom. The molecule has 2 aliphatic carbocycles. The molecule has 0 aromatic rings. The van der Waals surface area contributed by atoms with Crippen molar-refractivity contribution in [1.29, 1.82) is 0 Å². The molecule has 0 aromatic carbocycles. The zero-order valence-corrected chi connectivity index (χ0v) is 15.6. The van der Waals surface area contributed by atoms with Crippen molar-refractivity contribution in [2.45, 2.75) is 66.1 Å². The molecule has 5 atom stereocenters. The van der Waals surface area contributed by atoms with Crippen LogP contribution in [-0.2, 0) is 14.3 Å². The van der Waals surface area contributed by atoms with E-state index in [1.807, 2.05) is 34.6 Å². The minimum absolute atomic E-state index is 0.0338. The number of carbonyl (C=O) groups is 2. The number of esters is 1. The average Bonchev–Trinajstić information content (AvgIpc) is 2.61. The Bertz CT molecular complexity index is 588. The molecular formula is C20H30O4. The van der Waals surface area contributed by atoms with Crippen molar-refractivity contribution in [3.8, 4) is 0 Å². The van der Waals surface area contributed by atoms with Gasteiger partial charge in [-0.25, -0.2) is 4.79 Å². The molecule has 0 saturated heterocycles. The lowest BCUT2D eigenvalue weighted by atomic mass is 9.66. The first kappa shape index (κ1) is 18.9. The molecule has 0 aliphatic heterocycles. The van der Waals surface area contributed by atoms with E-state index in [-0.39, 0.29) is 17.6 Å². The summed E-state index contributed by atoms with van der Waals surface area (Å²) < 4.78 is 5.72. The largest absolute Gasteiger partial charge is 0.458 e. The summed E-state index contributed by atoms with van der Waals surface area (Å²) >= 11 is 0. The van der Waals surface area contributed by atoms with Crippen LogP contribution in [0.5, 0.6) is 0 Å². The van der Waals surface area contributed by atoms with E-state index in [4.69, 9.17) is 4.74 Å². The molecule has 0 bridgehead atoms. The molecule has 0 radical (unpaired) electrons. The summed E-state index contributed by atoms with van der Waals surface area (Å²) in [6, 6.07) is 0. The van der Waals surface area contributed by atoms with Crippen LogP contribution in [0.15, 0.2) is 23.8 Å². The van der Waals surface area contributed by atoms with Crippen LogP contribution >= 0.6 is 0 Å². The lowest BCUT2D eigenvalue weighted by Gasteiger charge is -2.44. The van der Waals surface area contributed by atoms with Crippen molar-refractivity contribution in [3.63, 3.8) is 0 Å². The first-order valence-corrected chi connectivity index (χ1v) is 8.84. The Kier molecular flexibility index (Phi) is 5.10. The summed E-state index contributed by atoms with van der Waals surface area (Å²) in [5, 5.41) is 11.6. The molecule has 1 N–H and O–H groups in total. The van der Waals surface area contributed by atoms with Crippen LogP contribution in [0, 0.1) is 23.2 Å². The molecule has 24 heavy (non-hydrogen) atoms. The first-order chi connectivity index (χ1) is 11.1. The molecular weight excluding hydrogens is 304 g/mol. The number of ketones is 1. The highest BCUT2D eigenvalue weighted by molar-refractivity contribution is 5.96. The molecule has 0 heterocycles. The number of rotatable bonds is 3. The van der Waals surface area contributed by atoms with Gasteiger partial charge in [0.15, 0.2) is 5.78 Å². The van der Waals surface area contributed by atoms with E-state index in [9.17, 15) is 14.7 Å². The van der Waals surface area contributed by atoms with E-state index < -0.39 is 29.0 Å². The number of ether oxygens (including phenoxy) is 1. The van der Waals surface area contributed by atoms with Crippen molar-refractivity contribution in [3.05, 3.63) is 23.8 Å². The lowest BCUT2D eigenvalue weighted by molar-refractivity contribution is -0.167. The van der Waals surface area contributed by atoms with Crippen LogP contribution in [0.1, 0.15) is 54.4 Å². The fraction of sp³-hybridized carbons (Fsp3) is 0.700. The highest BCUT2D eigenvalue weighted by atomic mass is 16.5. The van der Waals surface area contributed by atoms with Gasteiger partial charge in [-0.15, -0.1) is 0 Å². The topological polar surface area (TPSA) is 63.6 Å². The number of allylic oxidation sites excluding steroid dienone is 2. The summed E-state index contributed by atoms with van der Waals surface area (Å²) in [7, 11) is 0. The zero-order valence-electron chi connectivity index (χ0n) is 15.6. The third-order valence-electron chi connectivity index (χ3n) is 6.03. The van der Waals surface area contributed by atoms with Gasteiger partial charge in [0.05, 0.1) is 5.60 Å². The van der Waals surface area contributed by atoms with E-state index in [1.165, 1.54) is 6.08 Å². The molecule has 0 amide bonds. The number of aliphatic hydroxyl groups is 1. The van der Waals surface area contributed by atoms with E-state index >= 15 is 0 Å². The molecule has 4 nitrogen and oxygen atoms in total. The highest BCUT2D eigenvalue weighted by Gasteiger charge is 2.65. The molecule has 1 fully saturated rings. The molecule has 134 valence electrons. The van der Waals surface area contributed by atoms with Gasteiger partial charge in [-0.1, -0.05) is 39.3 Å². The Hall–Kier alpha value is -1.42. The van der Waals surface area contributed by atoms with E-state index in [1.54, 1.807) is 19.1 Å². The van der Waals surface area contributed by atoms with Crippen molar-refractivity contribution in [1.82, 2.24) is 0 Å². The van der Waals surface area contributed by atoms with Gasteiger partial charge < -0.3 is 9.84 Å². The van der Waals surface area contributed by atoms with Gasteiger partial charge in [0.2, 0.25) is 0 Å². The van der Waals surface area contributed by atoms with Crippen LogP contribution < -0.4 is 0 Å². The Balaban J connectivity index is 2.54. The van der Waals surface area contributed by atoms with Gasteiger partial charge in [0.1, 0.15) is 6.10 Å². The predicted octanol–water partition coefficient (Wildman–Crippen LogP) is 3.44. The summed E-state index contributed by atoms with van der Waals surface area (Å²) in [6.45, 7) is 11.5. The highest BCUT2D eigenvalue weighted by Crippen LogP contribution is 2.59. The van der Waals surface area contributed by atoms with Crippen molar-refractivity contribution < 1.29 is 19.4 Å². The van der Waals surface area contributed by atoms with Crippen molar-refractivity contribution in [2.75, 3.05) is 0 Å². The minimum Gasteiger partial charge on any atom is -0.458 e. The van der Waals surface area contributed by atoms with Crippen LogP contribution in [0.3, 0.4) is 0 Å². The van der Waals surface area contributed by atoms with Gasteiger partial charge in [-0.3, -0.25) is 4.79 Å². The van der Waals surface area contributed by atoms with E-state index in [0.29, 0.717) is 12.8 Å². The monoisotopic (exact) mass is 334 g/mol. The van der Waals surface area contributed by atoms with E-state index in [2.05, 4.69) is 0 Å². The smallest absolute Gasteiger partial charge is 0.330 e. The Labute approximate surface area is 145 Å². The number of hydrogen-bond acceptors (Lipinski definition) is 4. The van der Waals surface area contributed by atoms with E-state index in [0.717, 1.165) is 5.57 Å². The third kappa shape index (κ3) is 2.85. The zero-order chi connectivity index (χ0) is 18.3. The fourth-order valence-corrected chi connectivity index (χ4v) is 4.95. The third-order valence-corrected chi connectivity index (χ3v) is 6.03. The van der Waals surface area contributed by atoms with Gasteiger partial charge in [0.25, 0.3) is 0 Å². The van der Waals surface area contributed by atoms with Crippen LogP contribution in [0.4, 0.5) is 0 Å². The summed E-state index contributed by atoms with van der Waals surface area (Å²) in [6.07, 6.45) is 5.28. The average molecular weight is 334 g/mol. The first-order valence-electron chi connectivity index (χ1n) is 8.84. The minimum atomic E-state index is -1.04. The molecule has 4 heteroatoms. The lowest BCUT2D eigenvalue weighted by Crippen LogP contribution is -2.53. The molecule has 1 unspecified atom stereocenters. The second-order valence-corrected chi connectivity index (χ2v) is 8.08. The maximum Gasteiger partial charge on any atom is 0.330 e. The molecule has 2 rings (SSSR count). The van der Waals surface area contributed by atoms with Crippen LogP contribution in [0.25, 0.3) is 0 Å². The standard InChI is InChI=1S/C20H30O4/c1-7-8-17(22)24-15-9-13(4)10-16(21)19(6)11-14(5)20(23,12(2)3)18(15)19/h7-8,10,12,14-15,18,23H,9,11H2,1-6H3/b8-7-/t14?,15-,18+,19+,20-/m1/s1. The van der Waals surface area contributed by atoms with Crippen molar-refractivity contribution >= 4 is 11.8 Å². The molecule has 2 aliphatic rings. The maximum absolute atomic E-state index is 12.9. The quantitative estimate of drug-likeness (QED) is 0.634. The van der Waals surface area contributed by atoms with Gasteiger partial charge in [-0.2, -0.15) is 0 Å². The van der Waals surface area contributed by atoms with Crippen LogP contribution in [0.2, 0.25) is 0 Å². The summed E-state index contributed by atoms with van der Waals surface area (Å²) in [5.41, 5.74) is -0.853. The molecule has 1 saturated carbocycles. The molecule has 0 aromatic heterocycles. The van der Waals surface area contributed by atoms with Crippen molar-refractivity contribution in [2.24, 2.45) is 23.2 Å². The van der Waals surface area contributed by atoms with Gasteiger partial charge in [-0.05, 0) is 38.2 Å². The normalized spacial score (nSPS) is 39.8. The van der Waals surface area contributed by atoms with Gasteiger partial charge >= 0.3 is 5.97 Å². The Morgan fingerprint density at radius 1 is 1.46 bits per heavy atom. The summed E-state index contributed by atoms with van der Waals surface area (Å²) in [5.74, 6) is -0.856. The maximum atomic E-state index is 12.9. The fourth-order valence-electron chi connectivity index (χ4n) is 4.95. The number of hydrogen-bond donors (Lipinski definition) is 1. The summed E-state index contributed by atoms with van der Waals surface area (Å²) in [4.78, 5) is 25.0. The van der Waals surface area contributed by atoms with Gasteiger partial charge in [0, 0.05) is 23.8 Å². The number of fused-ring (bicyclic) bond motifs is 1. The second kappa shape index (κ2) is 6.47.